The van der Waals surface area contributed by atoms with Crippen molar-refractivity contribution in [3.8, 4) is 5.75 Å². The average Bonchev–Trinajstić information content (AvgIpc) is 3.25. The molecule has 1 fully saturated rings. The Hall–Kier alpha value is -3.81. The van der Waals surface area contributed by atoms with Gasteiger partial charge in [0.15, 0.2) is 0 Å². The monoisotopic (exact) mass is 437 g/mol. The number of nitrogens with zero attached hydrogens (tertiary/aromatic N) is 2. The minimum Gasteiger partial charge on any atom is -0.497 e. The molecule has 0 unspecified atom stereocenters. The van der Waals surface area contributed by atoms with Crippen LogP contribution in [0.5, 0.6) is 5.75 Å². The summed E-state index contributed by atoms with van der Waals surface area (Å²) < 4.78 is 14.8. The van der Waals surface area contributed by atoms with E-state index >= 15 is 0 Å². The number of carbonyl (C=O) groups is 3. The molecule has 0 spiro atoms. The summed E-state index contributed by atoms with van der Waals surface area (Å²) in [5, 5.41) is 3.19. The van der Waals surface area contributed by atoms with E-state index in [9.17, 15) is 19.9 Å². The van der Waals surface area contributed by atoms with Crippen LogP contribution in [0.2, 0.25) is 0 Å². The molecule has 2 aromatic carbocycles. The molecule has 9 nitrogen and oxygen atoms in total. The minimum absolute atomic E-state index is 0.562. The molecule has 4 atom stereocenters. The lowest BCUT2D eigenvalue weighted by atomic mass is 9.76. The summed E-state index contributed by atoms with van der Waals surface area (Å²) in [6.45, 7) is 0. The Morgan fingerprint density at radius 3 is 2.09 bits per heavy atom. The molecular formula is C23H23N3O6. The number of benzene rings is 2. The Bertz CT molecular complexity index is 1050. The summed E-state index contributed by atoms with van der Waals surface area (Å²) in [6, 6.07) is 14.3. The molecule has 0 bridgehead atoms. The smallest absolute Gasteiger partial charge is 0.441 e. The van der Waals surface area contributed by atoms with E-state index in [1.54, 1.807) is 48.5 Å². The molecule has 1 aliphatic heterocycles. The van der Waals surface area contributed by atoms with Gasteiger partial charge in [0.05, 0.1) is 27.2 Å². The topological polar surface area (TPSA) is 127 Å². The second kappa shape index (κ2) is 10.00. The van der Waals surface area contributed by atoms with Crippen LogP contribution in [0.3, 0.4) is 0 Å². The first-order valence-corrected chi connectivity index (χ1v) is 9.84. The SMILES string of the molecule is COC(=O)C(=[N+]=[N-])C(=O)[C@H]1[C@H](c2ccccc2)[C@@H](C(=O)OC)N[C@H]1c1ccc(OC)cc1. The lowest BCUT2D eigenvalue weighted by Gasteiger charge is -2.23. The summed E-state index contributed by atoms with van der Waals surface area (Å²) in [5.41, 5.74) is 10.0. The molecule has 3 rings (SSSR count). The van der Waals surface area contributed by atoms with E-state index in [4.69, 9.17) is 9.47 Å². The highest BCUT2D eigenvalue weighted by Crippen LogP contribution is 2.44. The predicted octanol–water partition coefficient (Wildman–Crippen LogP) is 1.69. The first-order valence-electron chi connectivity index (χ1n) is 9.84. The van der Waals surface area contributed by atoms with Gasteiger partial charge in [-0.3, -0.25) is 14.9 Å². The van der Waals surface area contributed by atoms with E-state index in [0.29, 0.717) is 16.9 Å². The molecule has 0 saturated carbocycles. The van der Waals surface area contributed by atoms with Gasteiger partial charge in [0.1, 0.15) is 11.8 Å². The van der Waals surface area contributed by atoms with Crippen LogP contribution in [-0.2, 0) is 23.9 Å². The Morgan fingerprint density at radius 1 is 0.906 bits per heavy atom. The maximum Gasteiger partial charge on any atom is 0.441 e. The second-order valence-electron chi connectivity index (χ2n) is 7.19. The van der Waals surface area contributed by atoms with Crippen molar-refractivity contribution in [1.82, 2.24) is 5.32 Å². The normalized spacial score (nSPS) is 21.8. The summed E-state index contributed by atoms with van der Waals surface area (Å²) in [6.07, 6.45) is 0. The Balaban J connectivity index is 2.17. The Kier molecular flexibility index (Phi) is 7.14. The number of ether oxygens (including phenoxy) is 3. The third-order valence-electron chi connectivity index (χ3n) is 5.59. The zero-order valence-corrected chi connectivity index (χ0v) is 17.8. The summed E-state index contributed by atoms with van der Waals surface area (Å²) in [4.78, 5) is 41.2. The fourth-order valence-corrected chi connectivity index (χ4v) is 4.11. The highest BCUT2D eigenvalue weighted by Gasteiger charge is 2.54. The van der Waals surface area contributed by atoms with E-state index < -0.39 is 47.4 Å². The first kappa shape index (κ1) is 22.9. The maximum absolute atomic E-state index is 13.5. The first-order chi connectivity index (χ1) is 15.5. The number of esters is 2. The van der Waals surface area contributed by atoms with Gasteiger partial charge >= 0.3 is 17.7 Å². The molecule has 0 radical (unpaired) electrons. The minimum atomic E-state index is -1.07. The molecule has 32 heavy (non-hydrogen) atoms. The number of rotatable bonds is 7. The molecule has 166 valence electrons. The number of methoxy groups -OCH3 is 3. The zero-order chi connectivity index (χ0) is 23.3. The van der Waals surface area contributed by atoms with Crippen molar-refractivity contribution in [2.45, 2.75) is 18.0 Å². The van der Waals surface area contributed by atoms with Crippen molar-refractivity contribution in [2.24, 2.45) is 5.92 Å². The van der Waals surface area contributed by atoms with Gasteiger partial charge in [-0.1, -0.05) is 42.5 Å². The molecule has 0 amide bonds. The molecule has 1 heterocycles. The van der Waals surface area contributed by atoms with Crippen LogP contribution >= 0.6 is 0 Å². The maximum atomic E-state index is 13.5. The van der Waals surface area contributed by atoms with Gasteiger partial charge in [-0.2, -0.15) is 4.79 Å². The van der Waals surface area contributed by atoms with E-state index in [2.05, 4.69) is 14.8 Å². The van der Waals surface area contributed by atoms with Gasteiger partial charge in [0.2, 0.25) is 0 Å². The molecular weight excluding hydrogens is 414 g/mol. The fraction of sp³-hybridized carbons (Fsp3) is 0.304. The summed E-state index contributed by atoms with van der Waals surface area (Å²) in [5.74, 6) is -3.45. The second-order valence-corrected chi connectivity index (χ2v) is 7.19. The number of hydrogen-bond donors (Lipinski definition) is 1. The molecule has 0 aliphatic carbocycles. The summed E-state index contributed by atoms with van der Waals surface area (Å²) >= 11 is 0. The lowest BCUT2D eigenvalue weighted by Crippen LogP contribution is -2.38. The number of Topliss-reactive ketones (excluding diaryl/α,β-unsaturated/α-hetero) is 1. The van der Waals surface area contributed by atoms with Crippen molar-refractivity contribution in [3.63, 3.8) is 0 Å². The van der Waals surface area contributed by atoms with Crippen LogP contribution in [0.25, 0.3) is 5.53 Å². The van der Waals surface area contributed by atoms with Crippen LogP contribution in [0.4, 0.5) is 0 Å². The van der Waals surface area contributed by atoms with Gasteiger partial charge in [-0.25, -0.2) is 4.79 Å². The van der Waals surface area contributed by atoms with Crippen LogP contribution in [0, 0.1) is 5.92 Å². The van der Waals surface area contributed by atoms with Crippen molar-refractivity contribution in [2.75, 3.05) is 21.3 Å². The molecule has 1 saturated heterocycles. The van der Waals surface area contributed by atoms with Crippen molar-refractivity contribution < 1.29 is 33.4 Å². The fourth-order valence-electron chi connectivity index (χ4n) is 4.11. The predicted molar refractivity (Wildman–Crippen MR) is 113 cm³/mol. The highest BCUT2D eigenvalue weighted by atomic mass is 16.5. The number of carbonyl (C=O) groups excluding carboxylic acids is 3. The van der Waals surface area contributed by atoms with Crippen molar-refractivity contribution in [1.29, 1.82) is 0 Å². The standard InChI is InChI=1S/C23H23N3O6/c1-30-15-11-9-14(10-12-15)18-17(21(27)20(26-24)23(29)32-3)16(13-7-5-4-6-8-13)19(25-18)22(28)31-2/h4-12,16-19,25H,1-3H3/t16-,17-,18-,19-/m0/s1. The largest absolute Gasteiger partial charge is 0.497 e. The third kappa shape index (κ3) is 4.30. The number of hydrogen-bond acceptors (Lipinski definition) is 7. The Labute approximate surface area is 184 Å². The quantitative estimate of drug-likeness (QED) is 0.230. The van der Waals surface area contributed by atoms with E-state index in [0.717, 1.165) is 7.11 Å². The average molecular weight is 437 g/mol. The lowest BCUT2D eigenvalue weighted by molar-refractivity contribution is -0.143. The van der Waals surface area contributed by atoms with Gasteiger partial charge in [0.25, 0.3) is 5.78 Å². The number of nitrogens with one attached hydrogen (secondary N) is 1. The van der Waals surface area contributed by atoms with Gasteiger partial charge in [0, 0.05) is 12.0 Å². The highest BCUT2D eigenvalue weighted by molar-refractivity contribution is 6.62. The Morgan fingerprint density at radius 2 is 1.56 bits per heavy atom. The van der Waals surface area contributed by atoms with E-state index in [-0.39, 0.29) is 0 Å². The van der Waals surface area contributed by atoms with Crippen LogP contribution in [0.1, 0.15) is 23.1 Å². The molecule has 9 heteroatoms. The van der Waals surface area contributed by atoms with Crippen LogP contribution in [0.15, 0.2) is 54.6 Å². The van der Waals surface area contributed by atoms with Crippen molar-refractivity contribution >= 4 is 23.4 Å². The van der Waals surface area contributed by atoms with Gasteiger partial charge in [-0.15, -0.1) is 0 Å². The zero-order valence-electron chi connectivity index (χ0n) is 17.8. The summed E-state index contributed by atoms with van der Waals surface area (Å²) in [7, 11) is 3.88. The molecule has 1 N–H and O–H groups in total. The van der Waals surface area contributed by atoms with Gasteiger partial charge < -0.3 is 19.7 Å². The molecule has 0 aromatic heterocycles. The molecule has 1 aliphatic rings. The van der Waals surface area contributed by atoms with E-state index in [1.807, 2.05) is 6.07 Å². The van der Waals surface area contributed by atoms with Crippen molar-refractivity contribution in [3.05, 3.63) is 71.3 Å². The third-order valence-corrected chi connectivity index (χ3v) is 5.59. The van der Waals surface area contributed by atoms with Gasteiger partial charge in [-0.05, 0) is 23.3 Å². The van der Waals surface area contributed by atoms with Crippen LogP contribution < -0.4 is 10.1 Å². The van der Waals surface area contributed by atoms with E-state index in [1.165, 1.54) is 14.2 Å². The van der Waals surface area contributed by atoms with Crippen LogP contribution in [-0.4, -0.2) is 55.6 Å². The molecule has 2 aromatic rings. The number of ketones is 1.